The van der Waals surface area contributed by atoms with Crippen molar-refractivity contribution in [3.8, 4) is 11.4 Å². The third-order valence-corrected chi connectivity index (χ3v) is 5.41. The zero-order valence-corrected chi connectivity index (χ0v) is 16.3. The van der Waals surface area contributed by atoms with E-state index < -0.39 is 5.25 Å². The third kappa shape index (κ3) is 3.63. The number of hydrogen-bond acceptors (Lipinski definition) is 5. The number of benzene rings is 2. The molecule has 142 valence electrons. The smallest absolute Gasteiger partial charge is 0.244 e. The molecule has 0 saturated carbocycles. The summed E-state index contributed by atoms with van der Waals surface area (Å²) in [5.74, 6) is 0.294. The SMILES string of the molecule is Cc1ccc(-c2nc(S[C@@H](C)C(=O)N3CC(=O)Nc4ccccc43)n[nH]2)cc1. The van der Waals surface area contributed by atoms with Crippen molar-refractivity contribution < 1.29 is 9.59 Å². The number of fused-ring (bicyclic) bond motifs is 1. The van der Waals surface area contributed by atoms with Crippen molar-refractivity contribution in [3.05, 3.63) is 54.1 Å². The molecule has 1 atom stereocenters. The molecule has 4 rings (SSSR count). The Morgan fingerprint density at radius 3 is 2.71 bits per heavy atom. The highest BCUT2D eigenvalue weighted by atomic mass is 32.2. The normalized spacial score (nSPS) is 14.4. The van der Waals surface area contributed by atoms with E-state index in [0.717, 1.165) is 5.56 Å². The van der Waals surface area contributed by atoms with E-state index in [2.05, 4.69) is 20.5 Å². The van der Waals surface area contributed by atoms with Crippen molar-refractivity contribution in [1.29, 1.82) is 0 Å². The molecular weight excluding hydrogens is 374 g/mol. The van der Waals surface area contributed by atoms with Gasteiger partial charge in [0.05, 0.1) is 16.6 Å². The molecule has 0 radical (unpaired) electrons. The number of nitrogens with one attached hydrogen (secondary N) is 2. The first-order valence-electron chi connectivity index (χ1n) is 8.87. The standard InChI is InChI=1S/C20H19N5O2S/c1-12-7-9-14(10-8-12)18-22-20(24-23-18)28-13(2)19(27)25-11-17(26)21-15-5-3-4-6-16(15)25/h3-10,13H,11H2,1-2H3,(H,21,26)(H,22,23,24)/t13-/m0/s1. The van der Waals surface area contributed by atoms with Crippen LogP contribution in [0, 0.1) is 6.92 Å². The van der Waals surface area contributed by atoms with Gasteiger partial charge in [-0.2, -0.15) is 0 Å². The van der Waals surface area contributed by atoms with E-state index in [-0.39, 0.29) is 18.4 Å². The van der Waals surface area contributed by atoms with E-state index >= 15 is 0 Å². The van der Waals surface area contributed by atoms with Gasteiger partial charge < -0.3 is 5.32 Å². The molecule has 0 aliphatic carbocycles. The van der Waals surface area contributed by atoms with Crippen LogP contribution in [-0.2, 0) is 9.59 Å². The number of aromatic amines is 1. The Morgan fingerprint density at radius 1 is 1.18 bits per heavy atom. The summed E-state index contributed by atoms with van der Waals surface area (Å²) in [5.41, 5.74) is 3.45. The van der Waals surface area contributed by atoms with Gasteiger partial charge in [-0.3, -0.25) is 19.6 Å². The molecule has 2 heterocycles. The number of amides is 2. The van der Waals surface area contributed by atoms with Crippen LogP contribution in [-0.4, -0.2) is 38.8 Å². The summed E-state index contributed by atoms with van der Waals surface area (Å²) in [6.45, 7) is 3.82. The Labute approximate surface area is 166 Å². The highest BCUT2D eigenvalue weighted by Gasteiger charge is 2.30. The van der Waals surface area contributed by atoms with Crippen LogP contribution in [0.25, 0.3) is 11.4 Å². The van der Waals surface area contributed by atoms with E-state index in [1.807, 2.05) is 49.4 Å². The maximum absolute atomic E-state index is 13.0. The van der Waals surface area contributed by atoms with Gasteiger partial charge in [0.1, 0.15) is 6.54 Å². The fourth-order valence-corrected chi connectivity index (χ4v) is 3.78. The number of hydrogen-bond donors (Lipinski definition) is 2. The zero-order chi connectivity index (χ0) is 19.7. The number of carbonyl (C=O) groups is 2. The van der Waals surface area contributed by atoms with Gasteiger partial charge in [-0.05, 0) is 26.0 Å². The average molecular weight is 393 g/mol. The molecule has 28 heavy (non-hydrogen) atoms. The Kier molecular flexibility index (Phi) is 4.87. The second-order valence-electron chi connectivity index (χ2n) is 6.58. The van der Waals surface area contributed by atoms with E-state index in [1.165, 1.54) is 22.2 Å². The Morgan fingerprint density at radius 2 is 1.93 bits per heavy atom. The molecule has 0 saturated heterocycles. The van der Waals surface area contributed by atoms with Crippen LogP contribution in [0.1, 0.15) is 12.5 Å². The molecule has 0 bridgehead atoms. The molecule has 1 aliphatic heterocycles. The fraction of sp³-hybridized carbons (Fsp3) is 0.200. The van der Waals surface area contributed by atoms with Crippen LogP contribution in [0.15, 0.2) is 53.7 Å². The summed E-state index contributed by atoms with van der Waals surface area (Å²) in [5, 5.41) is 9.97. The van der Waals surface area contributed by atoms with Crippen LogP contribution in [0.5, 0.6) is 0 Å². The van der Waals surface area contributed by atoms with Crippen LogP contribution in [0.2, 0.25) is 0 Å². The van der Waals surface area contributed by atoms with Crippen molar-refractivity contribution >= 4 is 35.0 Å². The van der Waals surface area contributed by atoms with E-state index in [0.29, 0.717) is 22.4 Å². The van der Waals surface area contributed by atoms with Gasteiger partial charge in [-0.1, -0.05) is 53.7 Å². The number of aryl methyl sites for hydroxylation is 1. The highest BCUT2D eigenvalue weighted by molar-refractivity contribution is 8.00. The first-order chi connectivity index (χ1) is 13.5. The molecule has 2 amide bonds. The molecule has 0 unspecified atom stereocenters. The van der Waals surface area contributed by atoms with Crippen molar-refractivity contribution in [2.45, 2.75) is 24.3 Å². The summed E-state index contributed by atoms with van der Waals surface area (Å²) in [6, 6.07) is 15.2. The molecule has 8 heteroatoms. The number of para-hydroxylation sites is 2. The van der Waals surface area contributed by atoms with E-state index in [1.54, 1.807) is 13.0 Å². The molecule has 0 fully saturated rings. The highest BCUT2D eigenvalue weighted by Crippen LogP contribution is 2.32. The summed E-state index contributed by atoms with van der Waals surface area (Å²) in [4.78, 5) is 30.9. The molecule has 2 aromatic carbocycles. The predicted molar refractivity (Wildman–Crippen MR) is 109 cm³/mol. The quantitative estimate of drug-likeness (QED) is 0.664. The van der Waals surface area contributed by atoms with Crippen LogP contribution in [0.3, 0.4) is 0 Å². The van der Waals surface area contributed by atoms with Crippen LogP contribution < -0.4 is 10.2 Å². The number of aromatic nitrogens is 3. The lowest BCUT2D eigenvalue weighted by Crippen LogP contribution is -2.45. The predicted octanol–water partition coefficient (Wildman–Crippen LogP) is 3.25. The molecule has 7 nitrogen and oxygen atoms in total. The van der Waals surface area contributed by atoms with Gasteiger partial charge in [0.2, 0.25) is 17.0 Å². The number of H-pyrrole nitrogens is 1. The van der Waals surface area contributed by atoms with Gasteiger partial charge in [0.15, 0.2) is 5.82 Å². The van der Waals surface area contributed by atoms with Gasteiger partial charge >= 0.3 is 0 Å². The lowest BCUT2D eigenvalue weighted by molar-refractivity contribution is -0.121. The monoisotopic (exact) mass is 393 g/mol. The molecular formula is C20H19N5O2S. The number of anilines is 2. The van der Waals surface area contributed by atoms with E-state index in [9.17, 15) is 9.59 Å². The number of nitrogens with zero attached hydrogens (tertiary/aromatic N) is 3. The van der Waals surface area contributed by atoms with Gasteiger partial charge in [-0.25, -0.2) is 4.98 Å². The minimum absolute atomic E-state index is 0.00333. The lowest BCUT2D eigenvalue weighted by Gasteiger charge is -2.30. The number of thioether (sulfide) groups is 1. The molecule has 3 aromatic rings. The first-order valence-corrected chi connectivity index (χ1v) is 9.75. The minimum atomic E-state index is -0.444. The molecule has 1 aliphatic rings. The van der Waals surface area contributed by atoms with E-state index in [4.69, 9.17) is 0 Å². The second kappa shape index (κ2) is 7.47. The summed E-state index contributed by atoms with van der Waals surface area (Å²) in [6.07, 6.45) is 0. The minimum Gasteiger partial charge on any atom is -0.323 e. The average Bonchev–Trinajstić information content (AvgIpc) is 3.15. The van der Waals surface area contributed by atoms with Crippen LogP contribution in [0.4, 0.5) is 11.4 Å². The van der Waals surface area contributed by atoms with Crippen LogP contribution >= 0.6 is 11.8 Å². The zero-order valence-electron chi connectivity index (χ0n) is 15.5. The van der Waals surface area contributed by atoms with Gasteiger partial charge in [-0.15, -0.1) is 5.10 Å². The van der Waals surface area contributed by atoms with Crippen molar-refractivity contribution in [1.82, 2.24) is 15.2 Å². The number of carbonyl (C=O) groups excluding carboxylic acids is 2. The Balaban J connectivity index is 1.50. The maximum Gasteiger partial charge on any atom is 0.244 e. The molecule has 0 spiro atoms. The summed E-state index contributed by atoms with van der Waals surface area (Å²) < 4.78 is 0. The van der Waals surface area contributed by atoms with Gasteiger partial charge in [0, 0.05) is 5.56 Å². The Bertz CT molecular complexity index is 1030. The maximum atomic E-state index is 13.0. The van der Waals surface area contributed by atoms with Crippen molar-refractivity contribution in [2.24, 2.45) is 0 Å². The number of rotatable bonds is 4. The fourth-order valence-electron chi connectivity index (χ4n) is 3.00. The lowest BCUT2D eigenvalue weighted by atomic mass is 10.1. The van der Waals surface area contributed by atoms with Gasteiger partial charge in [0.25, 0.3) is 0 Å². The summed E-state index contributed by atoms with van der Waals surface area (Å²) >= 11 is 1.26. The van der Waals surface area contributed by atoms with Crippen molar-refractivity contribution in [2.75, 3.05) is 16.8 Å². The third-order valence-electron chi connectivity index (χ3n) is 4.46. The molecule has 1 aromatic heterocycles. The van der Waals surface area contributed by atoms with Crippen molar-refractivity contribution in [3.63, 3.8) is 0 Å². The second-order valence-corrected chi connectivity index (χ2v) is 7.89. The summed E-state index contributed by atoms with van der Waals surface area (Å²) in [7, 11) is 0. The molecule has 2 N–H and O–H groups in total. The topological polar surface area (TPSA) is 91.0 Å². The first kappa shape index (κ1) is 18.2. The Hall–Kier alpha value is -3.13. The largest absolute Gasteiger partial charge is 0.323 e.